The van der Waals surface area contributed by atoms with E-state index in [1.54, 1.807) is 11.3 Å². The maximum absolute atomic E-state index is 4.60. The maximum Gasteiger partial charge on any atom is 0.116 e. The van der Waals surface area contributed by atoms with Crippen molar-refractivity contribution in [3.63, 3.8) is 0 Å². The number of H-pyrrole nitrogens is 1. The number of hydrogen-bond acceptors (Lipinski definition) is 6. The first-order valence-electron chi connectivity index (χ1n) is 13.6. The van der Waals surface area contributed by atoms with Gasteiger partial charge in [-0.05, 0) is 105 Å². The minimum atomic E-state index is 0.695. The predicted molar refractivity (Wildman–Crippen MR) is 165 cm³/mol. The van der Waals surface area contributed by atoms with Gasteiger partial charge in [-0.25, -0.2) is 0 Å². The molecule has 4 aromatic heterocycles. The van der Waals surface area contributed by atoms with Gasteiger partial charge in [0.15, 0.2) is 0 Å². The Morgan fingerprint density at radius 3 is 2.74 bits per heavy atom. The van der Waals surface area contributed by atoms with Crippen molar-refractivity contribution in [2.24, 2.45) is 0 Å². The van der Waals surface area contributed by atoms with Gasteiger partial charge in [0.2, 0.25) is 0 Å². The Bertz CT molecular complexity index is 1580. The van der Waals surface area contributed by atoms with Crippen LogP contribution in [0.2, 0.25) is 0 Å². The van der Waals surface area contributed by atoms with E-state index in [9.17, 15) is 0 Å². The van der Waals surface area contributed by atoms with Crippen molar-refractivity contribution in [1.82, 2.24) is 25.1 Å². The second-order valence-electron chi connectivity index (χ2n) is 10.0. The van der Waals surface area contributed by atoms with Crippen LogP contribution in [0.3, 0.4) is 0 Å². The van der Waals surface area contributed by atoms with Crippen LogP contribution in [0, 0.1) is 6.92 Å². The molecule has 0 unspecified atom stereocenters. The van der Waals surface area contributed by atoms with Gasteiger partial charge in [-0.1, -0.05) is 25.3 Å². The number of allylic oxidation sites excluding steroid dienone is 1. The lowest BCUT2D eigenvalue weighted by Crippen LogP contribution is -2.25. The summed E-state index contributed by atoms with van der Waals surface area (Å²) in [6.07, 6.45) is 16.5. The zero-order chi connectivity index (χ0) is 27.2. The van der Waals surface area contributed by atoms with Gasteiger partial charge in [-0.2, -0.15) is 5.10 Å². The molecule has 0 amide bonds. The highest BCUT2D eigenvalue weighted by atomic mass is 32.1. The van der Waals surface area contributed by atoms with Crippen LogP contribution in [0.5, 0.6) is 0 Å². The lowest BCUT2D eigenvalue weighted by molar-refractivity contribution is 0.334. The molecule has 39 heavy (non-hydrogen) atoms. The Kier molecular flexibility index (Phi) is 8.49. The minimum Gasteiger partial charge on any atom is -0.353 e. The van der Waals surface area contributed by atoms with E-state index in [1.165, 1.54) is 36.4 Å². The van der Waals surface area contributed by atoms with Gasteiger partial charge in [0.1, 0.15) is 5.69 Å². The Morgan fingerprint density at radius 2 is 1.97 bits per heavy atom. The molecule has 0 aliphatic carbocycles. The largest absolute Gasteiger partial charge is 0.353 e. The van der Waals surface area contributed by atoms with Crippen molar-refractivity contribution < 1.29 is 0 Å². The molecule has 200 valence electrons. The molecule has 4 aromatic rings. The summed E-state index contributed by atoms with van der Waals surface area (Å²) in [6.45, 7) is 16.4. The molecule has 7 heteroatoms. The molecule has 2 N–H and O–H groups in total. The third kappa shape index (κ3) is 6.27. The SMILES string of the molecule is C=C(/C=c1/c(C(=C)Nc2cncc(-c3cccs3)c2C)n[nH]/c1=C/C)c1cncc(CCCN2CCCC2)c1. The van der Waals surface area contributed by atoms with Crippen LogP contribution in [0.1, 0.15) is 48.6 Å². The van der Waals surface area contributed by atoms with Crippen molar-refractivity contribution in [3.8, 4) is 10.4 Å². The number of anilines is 1. The summed E-state index contributed by atoms with van der Waals surface area (Å²) >= 11 is 1.70. The van der Waals surface area contributed by atoms with Gasteiger partial charge < -0.3 is 10.2 Å². The molecular formula is C32H36N6S. The maximum atomic E-state index is 4.60. The molecule has 1 aliphatic rings. The average Bonchev–Trinajstić information content (AvgIpc) is 3.73. The third-order valence-corrected chi connectivity index (χ3v) is 8.22. The first-order valence-corrected chi connectivity index (χ1v) is 14.4. The van der Waals surface area contributed by atoms with E-state index in [0.29, 0.717) is 5.70 Å². The fraction of sp³-hybridized carbons (Fsp3) is 0.281. The van der Waals surface area contributed by atoms with Crippen molar-refractivity contribution in [2.75, 3.05) is 25.0 Å². The summed E-state index contributed by atoms with van der Waals surface area (Å²) in [4.78, 5) is 12.7. The molecule has 1 saturated heterocycles. The van der Waals surface area contributed by atoms with E-state index in [0.717, 1.165) is 63.6 Å². The summed E-state index contributed by atoms with van der Waals surface area (Å²) in [5, 5.41) is 15.2. The highest BCUT2D eigenvalue weighted by Gasteiger charge is 2.13. The van der Waals surface area contributed by atoms with Crippen LogP contribution < -0.4 is 15.9 Å². The summed E-state index contributed by atoms with van der Waals surface area (Å²) in [5.74, 6) is 0. The summed E-state index contributed by atoms with van der Waals surface area (Å²) in [5.41, 5.74) is 7.74. The lowest BCUT2D eigenvalue weighted by atomic mass is 10.0. The molecule has 1 fully saturated rings. The molecule has 0 bridgehead atoms. The average molecular weight is 537 g/mol. The Hall–Kier alpha value is -3.81. The Labute approximate surface area is 234 Å². The summed E-state index contributed by atoms with van der Waals surface area (Å²) in [6, 6.07) is 6.38. The molecule has 0 radical (unpaired) electrons. The normalized spacial score (nSPS) is 14.7. The zero-order valence-corrected chi connectivity index (χ0v) is 23.7. The highest BCUT2D eigenvalue weighted by molar-refractivity contribution is 7.13. The van der Waals surface area contributed by atoms with Crippen LogP contribution in [0.25, 0.3) is 33.9 Å². The van der Waals surface area contributed by atoms with Crippen LogP contribution in [-0.2, 0) is 6.42 Å². The van der Waals surface area contributed by atoms with Crippen molar-refractivity contribution in [1.29, 1.82) is 0 Å². The van der Waals surface area contributed by atoms with Gasteiger partial charge in [-0.3, -0.25) is 15.1 Å². The number of thiophene rings is 1. The number of rotatable bonds is 10. The predicted octanol–water partition coefficient (Wildman–Crippen LogP) is 5.64. The van der Waals surface area contributed by atoms with E-state index >= 15 is 0 Å². The number of likely N-dealkylation sites (tertiary alicyclic amines) is 1. The van der Waals surface area contributed by atoms with E-state index in [1.807, 2.05) is 37.8 Å². The monoisotopic (exact) mass is 536 g/mol. The number of nitrogens with zero attached hydrogens (tertiary/aromatic N) is 4. The van der Waals surface area contributed by atoms with E-state index in [4.69, 9.17) is 0 Å². The zero-order valence-electron chi connectivity index (χ0n) is 22.8. The summed E-state index contributed by atoms with van der Waals surface area (Å²) in [7, 11) is 0. The molecule has 5 heterocycles. The number of aromatic nitrogens is 4. The van der Waals surface area contributed by atoms with Gasteiger partial charge in [0.05, 0.1) is 22.9 Å². The molecule has 0 atom stereocenters. The van der Waals surface area contributed by atoms with Crippen LogP contribution in [0.4, 0.5) is 5.69 Å². The first kappa shape index (κ1) is 26.8. The van der Waals surface area contributed by atoms with Crippen molar-refractivity contribution in [3.05, 3.63) is 94.5 Å². The standard InChI is InChI=1S/C32H36N6S/c1-5-29-27(16-22(2)26-17-25(18-33-19-26)10-8-14-38-12-6-7-13-38)32(37-36-29)24(4)35-30-21-34-20-28(23(30)3)31-11-9-15-39-31/h5,9,11,15-21,35-36H,2,4,6-8,10,12-14H2,1,3H3/b27-16+,29-5+. The molecular weight excluding hydrogens is 500 g/mol. The second-order valence-corrected chi connectivity index (χ2v) is 11.0. The molecule has 5 rings (SSSR count). The van der Waals surface area contributed by atoms with Crippen molar-refractivity contribution in [2.45, 2.75) is 39.5 Å². The Morgan fingerprint density at radius 1 is 1.15 bits per heavy atom. The fourth-order valence-electron chi connectivity index (χ4n) is 5.08. The molecule has 0 aromatic carbocycles. The van der Waals surface area contributed by atoms with Gasteiger partial charge in [0, 0.05) is 34.2 Å². The lowest BCUT2D eigenvalue weighted by Gasteiger charge is -2.14. The molecule has 0 spiro atoms. The van der Waals surface area contributed by atoms with Gasteiger partial charge in [-0.15, -0.1) is 11.3 Å². The molecule has 1 aliphatic heterocycles. The van der Waals surface area contributed by atoms with Gasteiger partial charge >= 0.3 is 0 Å². The number of nitrogens with one attached hydrogen (secondary N) is 2. The number of hydrogen-bond donors (Lipinski definition) is 2. The smallest absolute Gasteiger partial charge is 0.116 e. The van der Waals surface area contributed by atoms with E-state index < -0.39 is 0 Å². The highest BCUT2D eigenvalue weighted by Crippen LogP contribution is 2.31. The topological polar surface area (TPSA) is 69.7 Å². The molecule has 0 saturated carbocycles. The van der Waals surface area contributed by atoms with E-state index in [-0.39, 0.29) is 0 Å². The van der Waals surface area contributed by atoms with Crippen LogP contribution >= 0.6 is 11.3 Å². The second kappa shape index (κ2) is 12.4. The first-order chi connectivity index (χ1) is 19.0. The fourth-order valence-corrected chi connectivity index (χ4v) is 5.88. The van der Waals surface area contributed by atoms with Crippen LogP contribution in [-0.4, -0.2) is 44.7 Å². The third-order valence-electron chi connectivity index (χ3n) is 7.32. The number of aromatic amines is 1. The van der Waals surface area contributed by atoms with Crippen molar-refractivity contribution >= 4 is 40.4 Å². The van der Waals surface area contributed by atoms with Gasteiger partial charge in [0.25, 0.3) is 0 Å². The quantitative estimate of drug-likeness (QED) is 0.274. The summed E-state index contributed by atoms with van der Waals surface area (Å²) < 4.78 is 0. The van der Waals surface area contributed by atoms with Crippen LogP contribution in [0.15, 0.2) is 61.5 Å². The minimum absolute atomic E-state index is 0.695. The number of aryl methyl sites for hydroxylation is 1. The van der Waals surface area contributed by atoms with E-state index in [2.05, 4.69) is 80.1 Å². The molecule has 6 nitrogen and oxygen atoms in total. The Balaban J connectivity index is 1.36. The number of pyridine rings is 2.